The SMILES string of the molecule is O=Cc1nc2c(Br)cncc2[nH]1. The molecule has 0 saturated heterocycles. The lowest BCUT2D eigenvalue weighted by Crippen LogP contribution is -1.79. The summed E-state index contributed by atoms with van der Waals surface area (Å²) in [6.45, 7) is 0. The molecule has 0 aliphatic rings. The molecule has 60 valence electrons. The van der Waals surface area contributed by atoms with Gasteiger partial charge in [0, 0.05) is 6.20 Å². The van der Waals surface area contributed by atoms with Crippen LogP contribution >= 0.6 is 15.9 Å². The molecule has 0 fully saturated rings. The van der Waals surface area contributed by atoms with Crippen LogP contribution in [0.3, 0.4) is 0 Å². The van der Waals surface area contributed by atoms with E-state index in [2.05, 4.69) is 30.9 Å². The van der Waals surface area contributed by atoms with Crippen LogP contribution in [0.5, 0.6) is 0 Å². The quantitative estimate of drug-likeness (QED) is 0.750. The van der Waals surface area contributed by atoms with Crippen molar-refractivity contribution in [2.45, 2.75) is 0 Å². The highest BCUT2D eigenvalue weighted by Gasteiger charge is 2.04. The van der Waals surface area contributed by atoms with E-state index < -0.39 is 0 Å². The first-order valence-electron chi connectivity index (χ1n) is 3.25. The van der Waals surface area contributed by atoms with Crippen LogP contribution in [-0.4, -0.2) is 21.2 Å². The second-order valence-electron chi connectivity index (χ2n) is 2.26. The number of pyridine rings is 1. The van der Waals surface area contributed by atoms with Gasteiger partial charge < -0.3 is 4.98 Å². The lowest BCUT2D eigenvalue weighted by molar-refractivity contribution is 0.111. The van der Waals surface area contributed by atoms with Gasteiger partial charge >= 0.3 is 0 Å². The highest BCUT2D eigenvalue weighted by molar-refractivity contribution is 9.10. The number of imidazole rings is 1. The smallest absolute Gasteiger partial charge is 0.185 e. The van der Waals surface area contributed by atoms with Gasteiger partial charge in [-0.2, -0.15) is 0 Å². The Balaban J connectivity index is 2.82. The molecule has 0 atom stereocenters. The molecular weight excluding hydrogens is 222 g/mol. The van der Waals surface area contributed by atoms with Crippen LogP contribution in [0.2, 0.25) is 0 Å². The first kappa shape index (κ1) is 7.42. The second kappa shape index (κ2) is 2.67. The minimum atomic E-state index is 0.318. The lowest BCUT2D eigenvalue weighted by atomic mass is 10.4. The summed E-state index contributed by atoms with van der Waals surface area (Å²) >= 11 is 3.28. The van der Waals surface area contributed by atoms with Crippen LogP contribution in [0.15, 0.2) is 16.9 Å². The second-order valence-corrected chi connectivity index (χ2v) is 3.11. The molecular formula is C7H4BrN3O. The Bertz CT molecular complexity index is 437. The van der Waals surface area contributed by atoms with Crippen LogP contribution in [0, 0.1) is 0 Å². The first-order chi connectivity index (χ1) is 5.81. The van der Waals surface area contributed by atoms with E-state index in [0.29, 0.717) is 12.1 Å². The van der Waals surface area contributed by atoms with Crippen molar-refractivity contribution < 1.29 is 4.79 Å². The van der Waals surface area contributed by atoms with E-state index in [1.165, 1.54) is 0 Å². The number of carbonyl (C=O) groups is 1. The Morgan fingerprint density at radius 3 is 3.00 bits per heavy atom. The molecule has 0 unspecified atom stereocenters. The monoisotopic (exact) mass is 225 g/mol. The molecule has 2 aromatic rings. The van der Waals surface area contributed by atoms with Gasteiger partial charge in [-0.15, -0.1) is 0 Å². The van der Waals surface area contributed by atoms with Gasteiger partial charge in [0.2, 0.25) is 0 Å². The number of aromatic amines is 1. The van der Waals surface area contributed by atoms with E-state index in [4.69, 9.17) is 0 Å². The number of carbonyl (C=O) groups excluding carboxylic acids is 1. The van der Waals surface area contributed by atoms with Gasteiger partial charge in [0.25, 0.3) is 0 Å². The molecule has 0 aromatic carbocycles. The lowest BCUT2D eigenvalue weighted by Gasteiger charge is -1.87. The maximum atomic E-state index is 10.4. The zero-order valence-electron chi connectivity index (χ0n) is 5.91. The van der Waals surface area contributed by atoms with Gasteiger partial charge in [-0.05, 0) is 15.9 Å². The number of hydrogen-bond donors (Lipinski definition) is 1. The Morgan fingerprint density at radius 1 is 1.50 bits per heavy atom. The number of fused-ring (bicyclic) bond motifs is 1. The predicted octanol–water partition coefficient (Wildman–Crippen LogP) is 1.53. The maximum absolute atomic E-state index is 10.4. The standard InChI is InChI=1S/C7H4BrN3O/c8-4-1-9-2-5-7(4)11-6(3-12)10-5/h1-3H,(H,10,11). The van der Waals surface area contributed by atoms with Gasteiger partial charge in [-0.25, -0.2) is 4.98 Å². The number of nitrogens with one attached hydrogen (secondary N) is 1. The molecule has 0 saturated carbocycles. The Morgan fingerprint density at radius 2 is 2.33 bits per heavy atom. The summed E-state index contributed by atoms with van der Waals surface area (Å²) in [5.41, 5.74) is 1.48. The predicted molar refractivity (Wildman–Crippen MR) is 47.0 cm³/mol. The van der Waals surface area contributed by atoms with Gasteiger partial charge in [0.05, 0.1) is 16.2 Å². The van der Waals surface area contributed by atoms with Crippen LogP contribution in [0.25, 0.3) is 11.0 Å². The summed E-state index contributed by atoms with van der Waals surface area (Å²) in [7, 11) is 0. The molecule has 0 aliphatic carbocycles. The van der Waals surface area contributed by atoms with Crippen molar-refractivity contribution in [2.24, 2.45) is 0 Å². The molecule has 0 amide bonds. The fourth-order valence-electron chi connectivity index (χ4n) is 0.975. The topological polar surface area (TPSA) is 58.6 Å². The number of aldehydes is 1. The van der Waals surface area contributed by atoms with E-state index in [1.54, 1.807) is 12.4 Å². The Labute approximate surface area is 76.2 Å². The van der Waals surface area contributed by atoms with Crippen LogP contribution in [0.4, 0.5) is 0 Å². The van der Waals surface area contributed by atoms with E-state index >= 15 is 0 Å². The number of halogens is 1. The summed E-state index contributed by atoms with van der Waals surface area (Å²) in [4.78, 5) is 21.1. The average molecular weight is 226 g/mol. The summed E-state index contributed by atoms with van der Waals surface area (Å²) < 4.78 is 0.782. The number of H-pyrrole nitrogens is 1. The minimum Gasteiger partial charge on any atom is -0.334 e. The van der Waals surface area contributed by atoms with E-state index in [-0.39, 0.29) is 0 Å². The number of hydrogen-bond acceptors (Lipinski definition) is 3. The van der Waals surface area contributed by atoms with Crippen LogP contribution in [0.1, 0.15) is 10.6 Å². The first-order valence-corrected chi connectivity index (χ1v) is 4.05. The average Bonchev–Trinajstić information content (AvgIpc) is 2.49. The van der Waals surface area contributed by atoms with Crippen molar-refractivity contribution in [2.75, 3.05) is 0 Å². The summed E-state index contributed by atoms with van der Waals surface area (Å²) in [6.07, 6.45) is 3.93. The summed E-state index contributed by atoms with van der Waals surface area (Å²) in [5.74, 6) is 0.318. The van der Waals surface area contributed by atoms with Crippen molar-refractivity contribution in [3.63, 3.8) is 0 Å². The zero-order valence-corrected chi connectivity index (χ0v) is 7.50. The van der Waals surface area contributed by atoms with Crippen molar-refractivity contribution in [3.05, 3.63) is 22.7 Å². The van der Waals surface area contributed by atoms with E-state index in [0.717, 1.165) is 15.5 Å². The Hall–Kier alpha value is -1.23. The fraction of sp³-hybridized carbons (Fsp3) is 0. The largest absolute Gasteiger partial charge is 0.334 e. The molecule has 0 bridgehead atoms. The highest BCUT2D eigenvalue weighted by atomic mass is 79.9. The van der Waals surface area contributed by atoms with Crippen LogP contribution in [-0.2, 0) is 0 Å². The molecule has 1 N–H and O–H groups in total. The molecule has 2 heterocycles. The third kappa shape index (κ3) is 1.02. The third-order valence-corrected chi connectivity index (χ3v) is 2.06. The fourth-order valence-corrected chi connectivity index (χ4v) is 1.40. The molecule has 5 heteroatoms. The van der Waals surface area contributed by atoms with E-state index in [1.807, 2.05) is 0 Å². The minimum absolute atomic E-state index is 0.318. The molecule has 0 spiro atoms. The van der Waals surface area contributed by atoms with Crippen molar-refractivity contribution in [1.82, 2.24) is 15.0 Å². The molecule has 0 radical (unpaired) electrons. The number of nitrogens with zero attached hydrogens (tertiary/aromatic N) is 2. The zero-order chi connectivity index (χ0) is 8.55. The summed E-state index contributed by atoms with van der Waals surface area (Å²) in [5, 5.41) is 0. The number of aromatic nitrogens is 3. The molecule has 12 heavy (non-hydrogen) atoms. The number of rotatable bonds is 1. The van der Waals surface area contributed by atoms with Crippen LogP contribution < -0.4 is 0 Å². The Kier molecular flexibility index (Phi) is 1.65. The molecule has 2 rings (SSSR count). The van der Waals surface area contributed by atoms with Gasteiger partial charge in [-0.1, -0.05) is 0 Å². The van der Waals surface area contributed by atoms with Gasteiger partial charge in [0.1, 0.15) is 5.52 Å². The van der Waals surface area contributed by atoms with Crippen molar-refractivity contribution >= 4 is 33.2 Å². The normalized spacial score (nSPS) is 10.4. The van der Waals surface area contributed by atoms with Crippen molar-refractivity contribution in [1.29, 1.82) is 0 Å². The van der Waals surface area contributed by atoms with E-state index in [9.17, 15) is 4.79 Å². The van der Waals surface area contributed by atoms with Gasteiger partial charge in [0.15, 0.2) is 12.1 Å². The molecule has 2 aromatic heterocycles. The molecule has 4 nitrogen and oxygen atoms in total. The van der Waals surface area contributed by atoms with Gasteiger partial charge in [-0.3, -0.25) is 9.78 Å². The summed E-state index contributed by atoms with van der Waals surface area (Å²) in [6, 6.07) is 0. The maximum Gasteiger partial charge on any atom is 0.185 e. The van der Waals surface area contributed by atoms with Crippen molar-refractivity contribution in [3.8, 4) is 0 Å². The molecule has 0 aliphatic heterocycles. The highest BCUT2D eigenvalue weighted by Crippen LogP contribution is 2.19. The third-order valence-electron chi connectivity index (χ3n) is 1.48.